The third-order valence-electron chi connectivity index (χ3n) is 4.87. The molecule has 0 saturated carbocycles. The van der Waals surface area contributed by atoms with Crippen molar-refractivity contribution in [3.05, 3.63) is 102 Å². The number of para-hydroxylation sites is 1. The van der Waals surface area contributed by atoms with Gasteiger partial charge in [0.15, 0.2) is 5.78 Å². The van der Waals surface area contributed by atoms with Gasteiger partial charge in [-0.2, -0.15) is 0 Å². The zero-order valence-electron chi connectivity index (χ0n) is 25.3. The maximum atomic E-state index is 10.9. The molecular weight excluding hydrogens is 538 g/mol. The van der Waals surface area contributed by atoms with Crippen LogP contribution in [0.4, 0.5) is 5.69 Å². The third kappa shape index (κ3) is 22.1. The van der Waals surface area contributed by atoms with Crippen LogP contribution in [0.2, 0.25) is 0 Å². The Kier molecular flexibility index (Phi) is 23.6. The van der Waals surface area contributed by atoms with Crippen molar-refractivity contribution in [2.24, 2.45) is 0 Å². The van der Waals surface area contributed by atoms with Crippen molar-refractivity contribution in [1.82, 2.24) is 0 Å². The molecule has 3 aromatic carbocycles. The number of methoxy groups -OCH3 is 2. The van der Waals surface area contributed by atoms with Crippen LogP contribution in [-0.4, -0.2) is 48.8 Å². The van der Waals surface area contributed by atoms with Gasteiger partial charge >= 0.3 is 11.9 Å². The second-order valence-electron chi connectivity index (χ2n) is 8.54. The van der Waals surface area contributed by atoms with Crippen LogP contribution in [0.3, 0.4) is 0 Å². The van der Waals surface area contributed by atoms with Crippen LogP contribution in [0.25, 0.3) is 0 Å². The third-order valence-corrected chi connectivity index (χ3v) is 4.87. The molecule has 0 fully saturated rings. The molecule has 0 bridgehead atoms. The average Bonchev–Trinajstić information content (AvgIpc) is 2.98. The summed E-state index contributed by atoms with van der Waals surface area (Å²) in [5.74, 6) is -1.09. The van der Waals surface area contributed by atoms with Crippen LogP contribution in [0, 0.1) is 0 Å². The Morgan fingerprint density at radius 2 is 1.10 bits per heavy atom. The van der Waals surface area contributed by atoms with Crippen molar-refractivity contribution in [3.63, 3.8) is 0 Å². The molecule has 0 aliphatic heterocycles. The van der Waals surface area contributed by atoms with E-state index < -0.39 is 11.9 Å². The molecule has 0 aliphatic rings. The van der Waals surface area contributed by atoms with Gasteiger partial charge in [-0.15, -0.1) is 0 Å². The SMILES string of the molecule is CC(=O)O.CC(=O)c1ccccc1.CCCCCC(C)=O.COC(=O)c1ccccc1.COC(=O)c1ccccc1N. The Bertz CT molecular complexity index is 1190. The second-order valence-corrected chi connectivity index (χ2v) is 8.54. The van der Waals surface area contributed by atoms with Gasteiger partial charge in [0.05, 0.1) is 25.3 Å². The Balaban J connectivity index is 0. The minimum Gasteiger partial charge on any atom is -0.481 e. The first kappa shape index (κ1) is 39.4. The summed E-state index contributed by atoms with van der Waals surface area (Å²) in [4.78, 5) is 51.7. The molecule has 0 aromatic heterocycles. The largest absolute Gasteiger partial charge is 0.481 e. The summed E-state index contributed by atoms with van der Waals surface area (Å²) in [5, 5.41) is 7.42. The quantitative estimate of drug-likeness (QED) is 0.135. The Morgan fingerprint density at radius 3 is 1.45 bits per heavy atom. The van der Waals surface area contributed by atoms with Crippen molar-refractivity contribution >= 4 is 35.2 Å². The summed E-state index contributed by atoms with van der Waals surface area (Å²) < 4.78 is 9.00. The van der Waals surface area contributed by atoms with E-state index in [-0.39, 0.29) is 11.8 Å². The minimum atomic E-state index is -0.833. The fourth-order valence-corrected chi connectivity index (χ4v) is 2.78. The number of carboxylic acids is 1. The zero-order chi connectivity index (χ0) is 32.3. The van der Waals surface area contributed by atoms with E-state index in [1.54, 1.807) is 62.4 Å². The highest BCUT2D eigenvalue weighted by atomic mass is 16.5. The zero-order valence-corrected chi connectivity index (χ0v) is 25.3. The van der Waals surface area contributed by atoms with Gasteiger partial charge in [0.2, 0.25) is 0 Å². The number of nitrogens with two attached hydrogens (primary N) is 1. The van der Waals surface area contributed by atoms with Crippen molar-refractivity contribution < 1.29 is 38.6 Å². The normalized spacial score (nSPS) is 8.81. The van der Waals surface area contributed by atoms with Gasteiger partial charge in [0.1, 0.15) is 5.78 Å². The number of Topliss-reactive ketones (excluding diaryl/α,β-unsaturated/α-hetero) is 2. The Hall–Kier alpha value is -4.79. The molecule has 9 heteroatoms. The number of hydrogen-bond donors (Lipinski definition) is 2. The van der Waals surface area contributed by atoms with Gasteiger partial charge in [0.25, 0.3) is 5.97 Å². The van der Waals surface area contributed by atoms with Crippen molar-refractivity contribution in [3.8, 4) is 0 Å². The van der Waals surface area contributed by atoms with Gasteiger partial charge in [-0.25, -0.2) is 9.59 Å². The summed E-state index contributed by atoms with van der Waals surface area (Å²) in [6, 6.07) is 24.9. The lowest BCUT2D eigenvalue weighted by molar-refractivity contribution is -0.134. The number of ketones is 2. The molecule has 0 amide bonds. The molecule has 42 heavy (non-hydrogen) atoms. The van der Waals surface area contributed by atoms with Crippen LogP contribution < -0.4 is 5.73 Å². The molecule has 9 nitrogen and oxygen atoms in total. The predicted molar refractivity (Wildman–Crippen MR) is 165 cm³/mol. The number of esters is 2. The number of nitrogen functional groups attached to an aromatic ring is 1. The second kappa shape index (κ2) is 25.2. The number of aliphatic carboxylic acids is 1. The maximum absolute atomic E-state index is 10.9. The smallest absolute Gasteiger partial charge is 0.339 e. The highest BCUT2D eigenvalue weighted by molar-refractivity contribution is 5.95. The standard InChI is InChI=1S/C8H9NO2.C8H8O2.C8H8O.C7H14O.C2H4O2/c1-11-8(10)6-4-2-3-5-7(6)9;1-10-8(9)7-5-3-2-4-6-7;1-7(9)8-5-3-2-4-6-8;1-3-4-5-6-7(2)8;1-2(3)4/h2-5H,9H2,1H3;2-6H,1H3;2-6H,1H3;3-6H2,1-2H3;1H3,(H,3,4). The molecule has 0 heterocycles. The van der Waals surface area contributed by atoms with Crippen LogP contribution in [0.1, 0.15) is 84.5 Å². The highest BCUT2D eigenvalue weighted by Crippen LogP contribution is 2.10. The Morgan fingerprint density at radius 1 is 0.667 bits per heavy atom. The lowest BCUT2D eigenvalue weighted by Gasteiger charge is -2.00. The van der Waals surface area contributed by atoms with E-state index in [1.807, 2.05) is 36.4 Å². The summed E-state index contributed by atoms with van der Waals surface area (Å²) in [5.41, 5.74) is 7.72. The maximum Gasteiger partial charge on any atom is 0.339 e. The van der Waals surface area contributed by atoms with E-state index in [9.17, 15) is 19.2 Å². The van der Waals surface area contributed by atoms with Gasteiger partial charge in [-0.1, -0.05) is 80.4 Å². The van der Waals surface area contributed by atoms with Crippen LogP contribution in [-0.2, 0) is 19.1 Å². The topological polar surface area (TPSA) is 150 Å². The molecule has 0 radical (unpaired) electrons. The van der Waals surface area contributed by atoms with Crippen LogP contribution in [0.15, 0.2) is 84.9 Å². The molecular formula is C33H43NO8. The molecule has 0 atom stereocenters. The first-order valence-corrected chi connectivity index (χ1v) is 13.2. The van der Waals surface area contributed by atoms with Crippen molar-refractivity contribution in [2.45, 2.75) is 53.4 Å². The van der Waals surface area contributed by atoms with Crippen molar-refractivity contribution in [2.75, 3.05) is 20.0 Å². The lowest BCUT2D eigenvalue weighted by atomic mass is 10.2. The number of carbonyl (C=O) groups is 5. The van der Waals surface area contributed by atoms with Crippen LogP contribution in [0.5, 0.6) is 0 Å². The molecule has 0 spiro atoms. The first-order valence-electron chi connectivity index (χ1n) is 13.2. The number of rotatable bonds is 7. The van der Waals surface area contributed by atoms with E-state index >= 15 is 0 Å². The minimum absolute atomic E-state index is 0.121. The molecule has 0 saturated heterocycles. The number of anilines is 1. The van der Waals surface area contributed by atoms with Crippen LogP contribution >= 0.6 is 0 Å². The number of carbonyl (C=O) groups excluding carboxylic acids is 4. The number of hydrogen-bond acceptors (Lipinski definition) is 8. The number of carboxylic acid groups (broad SMARTS) is 1. The molecule has 0 unspecified atom stereocenters. The molecule has 0 aliphatic carbocycles. The summed E-state index contributed by atoms with van der Waals surface area (Å²) >= 11 is 0. The monoisotopic (exact) mass is 581 g/mol. The fraction of sp³-hybridized carbons (Fsp3) is 0.303. The van der Waals surface area contributed by atoms with E-state index in [4.69, 9.17) is 15.6 Å². The van der Waals surface area contributed by atoms with Gasteiger partial charge in [0, 0.05) is 24.6 Å². The average molecular weight is 582 g/mol. The predicted octanol–water partition coefficient (Wildman–Crippen LogP) is 6.66. The molecule has 3 aromatic rings. The van der Waals surface area contributed by atoms with Gasteiger partial charge < -0.3 is 25.1 Å². The lowest BCUT2D eigenvalue weighted by Crippen LogP contribution is -2.04. The number of benzene rings is 3. The number of unbranched alkanes of at least 4 members (excludes halogenated alkanes) is 2. The molecule has 3 N–H and O–H groups in total. The van der Waals surface area contributed by atoms with Gasteiger partial charge in [-0.05, 0) is 44.5 Å². The van der Waals surface area contributed by atoms with E-state index in [2.05, 4.69) is 16.4 Å². The van der Waals surface area contributed by atoms with E-state index in [1.165, 1.54) is 27.1 Å². The van der Waals surface area contributed by atoms with E-state index in [0.29, 0.717) is 22.6 Å². The molecule has 3 rings (SSSR count). The molecule has 228 valence electrons. The van der Waals surface area contributed by atoms with Gasteiger partial charge in [-0.3, -0.25) is 9.59 Å². The van der Waals surface area contributed by atoms with E-state index in [0.717, 1.165) is 25.3 Å². The Labute approximate surface area is 248 Å². The highest BCUT2D eigenvalue weighted by Gasteiger charge is 2.06. The van der Waals surface area contributed by atoms with Crippen molar-refractivity contribution in [1.29, 1.82) is 0 Å². The summed E-state index contributed by atoms with van der Waals surface area (Å²) in [7, 11) is 2.70. The number of ether oxygens (including phenoxy) is 2. The summed E-state index contributed by atoms with van der Waals surface area (Å²) in [6.45, 7) is 6.44. The fourth-order valence-electron chi connectivity index (χ4n) is 2.78. The summed E-state index contributed by atoms with van der Waals surface area (Å²) in [6.07, 6.45) is 4.24. The first-order chi connectivity index (χ1) is 19.9.